The van der Waals surface area contributed by atoms with Gasteiger partial charge in [-0.3, -0.25) is 14.3 Å². The van der Waals surface area contributed by atoms with Crippen molar-refractivity contribution in [3.63, 3.8) is 0 Å². The molecule has 0 spiro atoms. The lowest BCUT2D eigenvalue weighted by molar-refractivity contribution is -0.135. The molecule has 35 heavy (non-hydrogen) atoms. The van der Waals surface area contributed by atoms with E-state index in [4.69, 9.17) is 4.74 Å². The molecule has 2 saturated heterocycles. The number of likely N-dealkylation sites (tertiary alicyclic amines) is 1. The van der Waals surface area contributed by atoms with Gasteiger partial charge in [0.2, 0.25) is 15.9 Å². The average Bonchev–Trinajstić information content (AvgIpc) is 3.58. The molecule has 0 aromatic carbocycles. The van der Waals surface area contributed by atoms with Crippen molar-refractivity contribution in [1.82, 2.24) is 24.7 Å². The minimum atomic E-state index is -3.91. The number of fused-ring (bicyclic) bond motifs is 1. The Bertz CT molecular complexity index is 1210. The van der Waals surface area contributed by atoms with E-state index < -0.39 is 20.7 Å². The van der Waals surface area contributed by atoms with Gasteiger partial charge >= 0.3 is 0 Å². The molecule has 2 aliphatic heterocycles. The smallest absolute Gasteiger partial charge is 0.261 e. The Hall–Kier alpha value is -2.28. The highest BCUT2D eigenvalue weighted by atomic mass is 32.2. The predicted octanol–water partition coefficient (Wildman–Crippen LogP) is 0.793. The van der Waals surface area contributed by atoms with Crippen molar-refractivity contribution in [3.05, 3.63) is 39.3 Å². The molecule has 3 aliphatic rings. The summed E-state index contributed by atoms with van der Waals surface area (Å²) < 4.78 is 33.9. The third-order valence-electron chi connectivity index (χ3n) is 7.38. The van der Waals surface area contributed by atoms with Gasteiger partial charge < -0.3 is 15.0 Å². The molecule has 190 valence electrons. The van der Waals surface area contributed by atoms with Gasteiger partial charge in [0.15, 0.2) is 4.75 Å². The predicted molar refractivity (Wildman–Crippen MR) is 131 cm³/mol. The molecule has 2 fully saturated rings. The molecule has 0 saturated carbocycles. The van der Waals surface area contributed by atoms with E-state index >= 15 is 0 Å². The number of aromatic nitrogens is 2. The van der Waals surface area contributed by atoms with E-state index in [0.29, 0.717) is 17.8 Å². The lowest BCUT2D eigenvalue weighted by Crippen LogP contribution is -2.62. The quantitative estimate of drug-likeness (QED) is 0.580. The summed E-state index contributed by atoms with van der Waals surface area (Å²) in [6.45, 7) is 0.601. The molecular weight excluding hydrogens is 490 g/mol. The molecule has 2 aromatic heterocycles. The largest absolute Gasteiger partial charge is 0.382 e. The Morgan fingerprint density at radius 2 is 2.14 bits per heavy atom. The van der Waals surface area contributed by atoms with Gasteiger partial charge in [-0.15, -0.1) is 11.3 Å². The first-order chi connectivity index (χ1) is 16.7. The normalized spacial score (nSPS) is 27.7. The number of ether oxygens (including phenoxy) is 1. The van der Waals surface area contributed by atoms with Gasteiger partial charge in [0.05, 0.1) is 23.7 Å². The van der Waals surface area contributed by atoms with Crippen LogP contribution < -0.4 is 10.0 Å². The number of rotatable bonds is 6. The maximum absolute atomic E-state index is 13.8. The van der Waals surface area contributed by atoms with E-state index in [-0.39, 0.29) is 44.0 Å². The molecule has 5 rings (SSSR count). The molecule has 3 atom stereocenters. The number of nitrogens with zero attached hydrogens (tertiary/aromatic N) is 3. The third kappa shape index (κ3) is 4.30. The van der Waals surface area contributed by atoms with Crippen molar-refractivity contribution in [2.45, 2.75) is 48.8 Å². The fourth-order valence-electron chi connectivity index (χ4n) is 5.57. The van der Waals surface area contributed by atoms with Crippen LogP contribution in [0.1, 0.15) is 50.9 Å². The Morgan fingerprint density at radius 1 is 1.31 bits per heavy atom. The van der Waals surface area contributed by atoms with E-state index in [1.807, 2.05) is 19.3 Å². The van der Waals surface area contributed by atoms with Crippen molar-refractivity contribution in [1.29, 1.82) is 0 Å². The van der Waals surface area contributed by atoms with Crippen LogP contribution in [0.2, 0.25) is 0 Å². The first-order valence-electron chi connectivity index (χ1n) is 11.9. The molecule has 4 heterocycles. The van der Waals surface area contributed by atoms with Crippen LogP contribution in [-0.4, -0.2) is 79.1 Å². The highest BCUT2D eigenvalue weighted by Crippen LogP contribution is 2.35. The summed E-state index contributed by atoms with van der Waals surface area (Å²) in [7, 11) is -0.691. The van der Waals surface area contributed by atoms with Crippen LogP contribution in [0.5, 0.6) is 0 Å². The van der Waals surface area contributed by atoms with Crippen LogP contribution in [0.4, 0.5) is 0 Å². The molecule has 0 bridgehead atoms. The lowest BCUT2D eigenvalue weighted by atomic mass is 9.97. The maximum Gasteiger partial charge on any atom is 0.261 e. The molecule has 2 N–H and O–H groups in total. The summed E-state index contributed by atoms with van der Waals surface area (Å²) in [4.78, 5) is 30.5. The zero-order valence-corrected chi connectivity index (χ0v) is 21.6. The lowest BCUT2D eigenvalue weighted by Gasteiger charge is -2.37. The molecular formula is C23H31N5O5S2. The van der Waals surface area contributed by atoms with E-state index in [2.05, 4.69) is 15.1 Å². The van der Waals surface area contributed by atoms with Crippen LogP contribution in [0.25, 0.3) is 0 Å². The topological polar surface area (TPSA) is 123 Å². The molecule has 12 heteroatoms. The van der Waals surface area contributed by atoms with Gasteiger partial charge in [0.25, 0.3) is 5.91 Å². The van der Waals surface area contributed by atoms with Crippen LogP contribution in [-0.2, 0) is 39.4 Å². The second kappa shape index (κ2) is 9.30. The summed E-state index contributed by atoms with van der Waals surface area (Å²) in [5.74, 6) is -0.842. The van der Waals surface area contributed by atoms with E-state index in [9.17, 15) is 18.0 Å². The van der Waals surface area contributed by atoms with E-state index in [1.54, 1.807) is 15.8 Å². The fraction of sp³-hybridized carbons (Fsp3) is 0.609. The number of amides is 2. The first-order valence-corrected chi connectivity index (χ1v) is 14.2. The highest BCUT2D eigenvalue weighted by Gasteiger charge is 2.55. The summed E-state index contributed by atoms with van der Waals surface area (Å²) in [6.07, 6.45) is 7.52. The van der Waals surface area contributed by atoms with Crippen molar-refractivity contribution in [2.75, 3.05) is 33.4 Å². The van der Waals surface area contributed by atoms with E-state index in [1.165, 1.54) is 28.9 Å². The number of thiophene rings is 1. The monoisotopic (exact) mass is 521 g/mol. The van der Waals surface area contributed by atoms with Crippen LogP contribution in [0, 0.1) is 0 Å². The first kappa shape index (κ1) is 24.4. The van der Waals surface area contributed by atoms with Crippen LogP contribution in [0.3, 0.4) is 0 Å². The summed E-state index contributed by atoms with van der Waals surface area (Å²) in [5, 5.41) is 7.41. The molecule has 0 radical (unpaired) electrons. The Balaban J connectivity index is 1.41. The van der Waals surface area contributed by atoms with Gasteiger partial charge in [-0.25, -0.2) is 13.1 Å². The summed E-state index contributed by atoms with van der Waals surface area (Å²) in [5.41, 5.74) is 2.15. The fourth-order valence-corrected chi connectivity index (χ4v) is 8.46. The SMILES string of the molecule is COCC1(C(=O)N2C[C@@H](NC(=O)c3cc4c(s3)CCC4)[C@H](c3cnn(C)c3)C2)CCCNS1(=O)=O. The summed E-state index contributed by atoms with van der Waals surface area (Å²) in [6, 6.07) is 1.61. The van der Waals surface area contributed by atoms with Crippen molar-refractivity contribution < 1.29 is 22.7 Å². The minimum Gasteiger partial charge on any atom is -0.382 e. The number of nitrogens with one attached hydrogen (secondary N) is 2. The molecule has 2 aromatic rings. The highest BCUT2D eigenvalue weighted by molar-refractivity contribution is 7.91. The van der Waals surface area contributed by atoms with Gasteiger partial charge in [0.1, 0.15) is 0 Å². The molecule has 2 amide bonds. The van der Waals surface area contributed by atoms with Crippen molar-refractivity contribution in [2.24, 2.45) is 7.05 Å². The maximum atomic E-state index is 13.8. The number of aryl methyl sites for hydroxylation is 3. The number of hydrogen-bond donors (Lipinski definition) is 2. The average molecular weight is 522 g/mol. The molecule has 1 unspecified atom stereocenters. The van der Waals surface area contributed by atoms with Gasteiger partial charge in [-0.1, -0.05) is 0 Å². The van der Waals surface area contributed by atoms with E-state index in [0.717, 1.165) is 24.8 Å². The number of sulfonamides is 1. The van der Waals surface area contributed by atoms with Gasteiger partial charge in [-0.05, 0) is 49.3 Å². The standard InChI is InChI=1S/C23H31N5O5S2/c1-27-11-16(10-24-27)17-12-28(22(30)23(14-33-2)7-4-8-25-35(23,31)32)13-18(17)26-21(29)20-9-15-5-3-6-19(15)34-20/h9-11,17-18,25H,3-8,12-14H2,1-2H3,(H,26,29)/t17-,18+,23?/m0/s1. The Labute approximate surface area is 209 Å². The van der Waals surface area contributed by atoms with Crippen LogP contribution >= 0.6 is 11.3 Å². The van der Waals surface area contributed by atoms with Crippen molar-refractivity contribution in [3.8, 4) is 0 Å². The Morgan fingerprint density at radius 3 is 2.83 bits per heavy atom. The summed E-state index contributed by atoms with van der Waals surface area (Å²) >= 11 is 1.54. The van der Waals surface area contributed by atoms with Crippen molar-refractivity contribution >= 4 is 33.2 Å². The van der Waals surface area contributed by atoms with Gasteiger partial charge in [-0.2, -0.15) is 5.10 Å². The molecule has 1 aliphatic carbocycles. The van der Waals surface area contributed by atoms with Gasteiger partial charge in [0, 0.05) is 50.8 Å². The Kier molecular flexibility index (Phi) is 6.49. The third-order valence-corrected chi connectivity index (χ3v) is 10.7. The number of hydrogen-bond acceptors (Lipinski definition) is 7. The zero-order chi connectivity index (χ0) is 24.8. The number of carbonyl (C=O) groups excluding carboxylic acids is 2. The minimum absolute atomic E-state index is 0.156. The van der Waals surface area contributed by atoms with Crippen LogP contribution in [0.15, 0.2) is 18.5 Å². The number of carbonyl (C=O) groups is 2. The molecule has 10 nitrogen and oxygen atoms in total. The second-order valence-corrected chi connectivity index (χ2v) is 12.9. The zero-order valence-electron chi connectivity index (χ0n) is 20.0. The number of methoxy groups -OCH3 is 1. The second-order valence-electron chi connectivity index (χ2n) is 9.69.